The molecule has 0 aliphatic heterocycles. The van der Waals surface area contributed by atoms with Gasteiger partial charge in [0, 0.05) is 5.54 Å². The predicted molar refractivity (Wildman–Crippen MR) is 79.6 cm³/mol. The number of hydrogen-bond acceptors (Lipinski definition) is 2. The quantitative estimate of drug-likeness (QED) is 0.928. The van der Waals surface area contributed by atoms with E-state index < -0.39 is 11.4 Å². The van der Waals surface area contributed by atoms with Crippen molar-refractivity contribution in [1.29, 1.82) is 0 Å². The Balaban J connectivity index is 2.22. The van der Waals surface area contributed by atoms with Gasteiger partial charge in [0.05, 0.1) is 12.1 Å². The van der Waals surface area contributed by atoms with Crippen molar-refractivity contribution in [2.75, 3.05) is 7.11 Å². The topological polar surface area (TPSA) is 35.2 Å². The number of benzene rings is 2. The fraction of sp³-hybridized carbons (Fsp3) is 0.250. The lowest BCUT2D eigenvalue weighted by atomic mass is 9.86. The molecule has 0 radical (unpaired) electrons. The minimum Gasteiger partial charge on any atom is -0.497 e. The first-order valence-corrected chi connectivity index (χ1v) is 6.67. The summed E-state index contributed by atoms with van der Waals surface area (Å²) in [6, 6.07) is 12.3. The molecule has 2 aromatic rings. The molecule has 0 fully saturated rings. The maximum Gasteiger partial charge on any atom is 0.142 e. The summed E-state index contributed by atoms with van der Waals surface area (Å²) in [7, 11) is 1.62. The summed E-state index contributed by atoms with van der Waals surface area (Å²) >= 11 is 5.68. The predicted octanol–water partition coefficient (Wildman–Crippen LogP) is 3.90. The van der Waals surface area contributed by atoms with Gasteiger partial charge in [0.25, 0.3) is 0 Å². The molecular weight excluding hydrogens is 277 g/mol. The average molecular weight is 294 g/mol. The van der Waals surface area contributed by atoms with Crippen molar-refractivity contribution in [1.82, 2.24) is 0 Å². The second kappa shape index (κ2) is 5.81. The second-order valence-electron chi connectivity index (χ2n) is 5.07. The van der Waals surface area contributed by atoms with Gasteiger partial charge in [-0.1, -0.05) is 29.8 Å². The number of rotatable bonds is 4. The average Bonchev–Trinajstić information content (AvgIpc) is 2.43. The zero-order chi connectivity index (χ0) is 14.8. The first-order chi connectivity index (χ1) is 9.42. The van der Waals surface area contributed by atoms with Crippen molar-refractivity contribution in [2.24, 2.45) is 5.73 Å². The van der Waals surface area contributed by atoms with Crippen LogP contribution in [0.2, 0.25) is 5.02 Å². The van der Waals surface area contributed by atoms with E-state index in [9.17, 15) is 4.39 Å². The Morgan fingerprint density at radius 3 is 2.40 bits per heavy atom. The number of hydrogen-bond donors (Lipinski definition) is 1. The molecule has 0 spiro atoms. The van der Waals surface area contributed by atoms with Crippen molar-refractivity contribution in [3.8, 4) is 5.75 Å². The van der Waals surface area contributed by atoms with Crippen LogP contribution in [0, 0.1) is 5.82 Å². The molecule has 1 atom stereocenters. The molecule has 0 amide bonds. The van der Waals surface area contributed by atoms with E-state index in [4.69, 9.17) is 22.1 Å². The van der Waals surface area contributed by atoms with Gasteiger partial charge in [0.15, 0.2) is 0 Å². The molecule has 2 rings (SSSR count). The van der Waals surface area contributed by atoms with Crippen LogP contribution in [0.3, 0.4) is 0 Å². The molecule has 20 heavy (non-hydrogen) atoms. The molecule has 106 valence electrons. The maximum atomic E-state index is 13.5. The lowest BCUT2D eigenvalue weighted by Gasteiger charge is -2.25. The van der Waals surface area contributed by atoms with E-state index in [0.717, 1.165) is 16.9 Å². The molecule has 2 aromatic carbocycles. The standard InChI is InChI=1S/C16H17ClFNO/c1-16(19,12-4-6-13(20-2)7-5-12)10-11-3-8-14(17)15(18)9-11/h3-9H,10,19H2,1-2H3. The zero-order valence-electron chi connectivity index (χ0n) is 11.5. The molecule has 0 saturated heterocycles. The fourth-order valence-electron chi connectivity index (χ4n) is 2.15. The van der Waals surface area contributed by atoms with Crippen molar-refractivity contribution in [3.63, 3.8) is 0 Å². The van der Waals surface area contributed by atoms with Crippen molar-refractivity contribution < 1.29 is 9.13 Å². The van der Waals surface area contributed by atoms with Crippen LogP contribution in [0.4, 0.5) is 4.39 Å². The summed E-state index contributed by atoms with van der Waals surface area (Å²) in [5.41, 5.74) is 7.54. The Kier molecular flexibility index (Phi) is 4.31. The van der Waals surface area contributed by atoms with Crippen LogP contribution in [0.15, 0.2) is 42.5 Å². The van der Waals surface area contributed by atoms with Gasteiger partial charge in [-0.05, 0) is 48.7 Å². The summed E-state index contributed by atoms with van der Waals surface area (Å²) in [6.45, 7) is 1.92. The number of ether oxygens (including phenoxy) is 1. The SMILES string of the molecule is COc1ccc(C(C)(N)Cc2ccc(Cl)c(F)c2)cc1. The van der Waals surface area contributed by atoms with Crippen LogP contribution in [0.1, 0.15) is 18.1 Å². The molecule has 0 aliphatic carbocycles. The Hall–Kier alpha value is -1.58. The van der Waals surface area contributed by atoms with Gasteiger partial charge in [-0.2, -0.15) is 0 Å². The third-order valence-corrected chi connectivity index (χ3v) is 3.61. The monoisotopic (exact) mass is 293 g/mol. The van der Waals surface area contributed by atoms with Crippen LogP contribution in [-0.2, 0) is 12.0 Å². The van der Waals surface area contributed by atoms with E-state index in [0.29, 0.717) is 6.42 Å². The van der Waals surface area contributed by atoms with Crippen LogP contribution < -0.4 is 10.5 Å². The highest BCUT2D eigenvalue weighted by atomic mass is 35.5. The van der Waals surface area contributed by atoms with Gasteiger partial charge >= 0.3 is 0 Å². The lowest BCUT2D eigenvalue weighted by molar-refractivity contribution is 0.413. The van der Waals surface area contributed by atoms with Crippen molar-refractivity contribution in [2.45, 2.75) is 18.9 Å². The summed E-state index contributed by atoms with van der Waals surface area (Å²) in [5.74, 6) is 0.358. The van der Waals surface area contributed by atoms with Gasteiger partial charge in [0.2, 0.25) is 0 Å². The first-order valence-electron chi connectivity index (χ1n) is 6.30. The lowest BCUT2D eigenvalue weighted by Crippen LogP contribution is -2.35. The van der Waals surface area contributed by atoms with Gasteiger partial charge in [-0.3, -0.25) is 0 Å². The molecule has 0 aliphatic rings. The molecule has 0 heterocycles. The molecule has 4 heteroatoms. The van der Waals surface area contributed by atoms with Gasteiger partial charge in [-0.25, -0.2) is 4.39 Å². The normalized spacial score (nSPS) is 13.8. The summed E-state index contributed by atoms with van der Waals surface area (Å²) < 4.78 is 18.6. The Morgan fingerprint density at radius 2 is 1.85 bits per heavy atom. The van der Waals surface area contributed by atoms with E-state index in [1.54, 1.807) is 19.2 Å². The molecule has 0 saturated carbocycles. The minimum absolute atomic E-state index is 0.122. The largest absolute Gasteiger partial charge is 0.497 e. The third kappa shape index (κ3) is 3.30. The van der Waals surface area contributed by atoms with Crippen LogP contribution in [0.5, 0.6) is 5.75 Å². The Bertz CT molecular complexity index is 596. The zero-order valence-corrected chi connectivity index (χ0v) is 12.2. The van der Waals surface area contributed by atoms with Crippen LogP contribution >= 0.6 is 11.6 Å². The highest BCUT2D eigenvalue weighted by molar-refractivity contribution is 6.30. The highest BCUT2D eigenvalue weighted by Crippen LogP contribution is 2.26. The number of nitrogens with two attached hydrogens (primary N) is 1. The van der Waals surface area contributed by atoms with E-state index in [1.165, 1.54) is 6.07 Å². The van der Waals surface area contributed by atoms with E-state index in [1.807, 2.05) is 31.2 Å². The number of halogens is 2. The molecule has 2 nitrogen and oxygen atoms in total. The second-order valence-corrected chi connectivity index (χ2v) is 5.48. The molecule has 1 unspecified atom stereocenters. The molecular formula is C16H17ClFNO. The van der Waals surface area contributed by atoms with Crippen LogP contribution in [0.25, 0.3) is 0 Å². The number of methoxy groups -OCH3 is 1. The smallest absolute Gasteiger partial charge is 0.142 e. The Labute approximate surface area is 123 Å². The van der Waals surface area contributed by atoms with E-state index >= 15 is 0 Å². The Morgan fingerprint density at radius 1 is 1.20 bits per heavy atom. The van der Waals surface area contributed by atoms with E-state index in [2.05, 4.69) is 0 Å². The van der Waals surface area contributed by atoms with Crippen molar-refractivity contribution >= 4 is 11.6 Å². The molecule has 0 aromatic heterocycles. The maximum absolute atomic E-state index is 13.5. The third-order valence-electron chi connectivity index (χ3n) is 3.30. The highest BCUT2D eigenvalue weighted by Gasteiger charge is 2.22. The first kappa shape index (κ1) is 14.8. The summed E-state index contributed by atoms with van der Waals surface area (Å²) in [5, 5.41) is 0.122. The molecule has 2 N–H and O–H groups in total. The minimum atomic E-state index is -0.591. The van der Waals surface area contributed by atoms with Crippen LogP contribution in [-0.4, -0.2) is 7.11 Å². The van der Waals surface area contributed by atoms with Crippen molar-refractivity contribution in [3.05, 3.63) is 64.4 Å². The fourth-order valence-corrected chi connectivity index (χ4v) is 2.27. The summed E-state index contributed by atoms with van der Waals surface area (Å²) in [4.78, 5) is 0. The van der Waals surface area contributed by atoms with E-state index in [-0.39, 0.29) is 5.02 Å². The van der Waals surface area contributed by atoms with Gasteiger partial charge in [0.1, 0.15) is 11.6 Å². The van der Waals surface area contributed by atoms with Gasteiger partial charge < -0.3 is 10.5 Å². The van der Waals surface area contributed by atoms with Gasteiger partial charge in [-0.15, -0.1) is 0 Å². The summed E-state index contributed by atoms with van der Waals surface area (Å²) in [6.07, 6.45) is 0.521. The molecule has 0 bridgehead atoms.